The second kappa shape index (κ2) is 9.42. The van der Waals surface area contributed by atoms with Gasteiger partial charge in [0.15, 0.2) is 0 Å². The van der Waals surface area contributed by atoms with Crippen LogP contribution in [0.2, 0.25) is 10.0 Å². The second-order valence-electron chi connectivity index (χ2n) is 8.62. The number of likely N-dealkylation sites (tertiary alicyclic amines) is 1. The lowest BCUT2D eigenvalue weighted by molar-refractivity contribution is -0.145. The van der Waals surface area contributed by atoms with Crippen LogP contribution in [-0.4, -0.2) is 32.0 Å². The molecule has 2 aromatic rings. The molecule has 3 nitrogen and oxygen atoms in total. The highest BCUT2D eigenvalue weighted by molar-refractivity contribution is 14.1. The van der Waals surface area contributed by atoms with Gasteiger partial charge in [-0.25, -0.2) is 0 Å². The quantitative estimate of drug-likeness (QED) is 0.233. The molecule has 0 aromatic heterocycles. The van der Waals surface area contributed by atoms with Gasteiger partial charge in [-0.2, -0.15) is 0 Å². The van der Waals surface area contributed by atoms with E-state index in [1.54, 1.807) is 0 Å². The molecule has 0 radical (unpaired) electrons. The third-order valence-corrected chi connectivity index (χ3v) is 8.34. The summed E-state index contributed by atoms with van der Waals surface area (Å²) in [7, 11) is 0. The van der Waals surface area contributed by atoms with Crippen molar-refractivity contribution in [3.63, 3.8) is 0 Å². The van der Waals surface area contributed by atoms with Crippen LogP contribution in [0.3, 0.4) is 0 Å². The number of benzene rings is 2. The lowest BCUT2D eigenvalue weighted by Gasteiger charge is -2.51. The number of carbonyl (C=O) groups excluding carboxylic acids is 1. The van der Waals surface area contributed by atoms with Crippen LogP contribution in [0.5, 0.6) is 0 Å². The third kappa shape index (κ3) is 4.68. The van der Waals surface area contributed by atoms with Crippen LogP contribution < -0.4 is 0 Å². The summed E-state index contributed by atoms with van der Waals surface area (Å²) in [6.07, 6.45) is 5.16. The maximum Gasteiger partial charge on any atom is 0.239 e. The summed E-state index contributed by atoms with van der Waals surface area (Å²) >= 11 is 14.9. The molecule has 4 atom stereocenters. The van der Waals surface area contributed by atoms with Crippen molar-refractivity contribution in [3.05, 3.63) is 82.4 Å². The molecule has 6 heteroatoms. The Labute approximate surface area is 207 Å². The number of aliphatic hydroxyl groups excluding tert-OH is 1. The fourth-order valence-electron chi connectivity index (χ4n) is 4.89. The van der Waals surface area contributed by atoms with Gasteiger partial charge in [0.25, 0.3) is 0 Å². The van der Waals surface area contributed by atoms with Gasteiger partial charge >= 0.3 is 0 Å². The number of allylic oxidation sites excluding steroid dienone is 1. The highest BCUT2D eigenvalue weighted by Crippen LogP contribution is 2.53. The Morgan fingerprint density at radius 3 is 2.45 bits per heavy atom. The molecule has 1 N–H and O–H groups in total. The van der Waals surface area contributed by atoms with Gasteiger partial charge in [0, 0.05) is 16.0 Å². The first kappa shape index (κ1) is 23.1. The Morgan fingerprint density at radius 2 is 1.87 bits per heavy atom. The number of aliphatic hydroxyl groups is 1. The molecule has 1 saturated heterocycles. The normalized spacial score (nSPS) is 27.2. The Morgan fingerprint density at radius 1 is 1.16 bits per heavy atom. The molecule has 0 bridgehead atoms. The van der Waals surface area contributed by atoms with Crippen molar-refractivity contribution in [3.8, 4) is 0 Å². The zero-order chi connectivity index (χ0) is 22.2. The molecular weight excluding hydrogens is 544 g/mol. The fourth-order valence-corrected chi connectivity index (χ4v) is 6.28. The Kier molecular flexibility index (Phi) is 7.02. The van der Waals surface area contributed by atoms with Crippen molar-refractivity contribution in [2.75, 3.05) is 6.61 Å². The molecule has 1 aliphatic heterocycles. The number of rotatable bonds is 7. The van der Waals surface area contributed by atoms with Crippen LogP contribution >= 0.6 is 45.8 Å². The lowest BCUT2D eigenvalue weighted by Crippen LogP contribution is -2.58. The van der Waals surface area contributed by atoms with Gasteiger partial charge in [0.05, 0.1) is 18.7 Å². The van der Waals surface area contributed by atoms with Crippen LogP contribution in [0.1, 0.15) is 48.8 Å². The van der Waals surface area contributed by atoms with E-state index in [-0.39, 0.29) is 30.5 Å². The van der Waals surface area contributed by atoms with E-state index in [4.69, 9.17) is 23.2 Å². The van der Waals surface area contributed by atoms with Crippen LogP contribution in [0.4, 0.5) is 0 Å². The van der Waals surface area contributed by atoms with Crippen molar-refractivity contribution < 1.29 is 9.90 Å². The Bertz CT molecular complexity index is 962. The Balaban J connectivity index is 1.89. The van der Waals surface area contributed by atoms with Crippen molar-refractivity contribution in [2.45, 2.75) is 47.1 Å². The average Bonchev–Trinajstić information content (AvgIpc) is 3.58. The molecule has 2 fully saturated rings. The van der Waals surface area contributed by atoms with Gasteiger partial charge in [-0.15, -0.1) is 6.58 Å². The van der Waals surface area contributed by atoms with Gasteiger partial charge < -0.3 is 10.0 Å². The van der Waals surface area contributed by atoms with Crippen molar-refractivity contribution >= 4 is 51.7 Å². The van der Waals surface area contributed by atoms with Crippen LogP contribution in [0, 0.1) is 5.92 Å². The zero-order valence-electron chi connectivity index (χ0n) is 17.2. The van der Waals surface area contributed by atoms with Crippen molar-refractivity contribution in [1.82, 2.24) is 4.90 Å². The topological polar surface area (TPSA) is 40.5 Å². The minimum atomic E-state index is -0.613. The standard InChI is InChI=1S/C25H26Cl2INO2/c1-2-12-25(28)14-21(18-4-3-5-20(27)13-18)23(17-8-10-19(26)11-9-17)29(24(25)31)22(15-30)16-6-7-16/h2-5,8-11,13,16,21-23,30H,1,6-7,12,14-15H2/t21?,22-,23-,25-/m1/s1. The number of piperidine rings is 1. The number of nitrogens with zero attached hydrogens (tertiary/aromatic N) is 1. The largest absolute Gasteiger partial charge is 0.394 e. The second-order valence-corrected chi connectivity index (χ2v) is 11.6. The molecule has 1 saturated carbocycles. The number of carbonyl (C=O) groups is 1. The summed E-state index contributed by atoms with van der Waals surface area (Å²) in [5, 5.41) is 11.7. The highest BCUT2D eigenvalue weighted by atomic mass is 127. The van der Waals surface area contributed by atoms with E-state index in [1.165, 1.54) is 0 Å². The highest BCUT2D eigenvalue weighted by Gasteiger charge is 2.54. The minimum absolute atomic E-state index is 0.0298. The van der Waals surface area contributed by atoms with E-state index in [0.29, 0.717) is 28.8 Å². The first-order valence-corrected chi connectivity index (χ1v) is 12.5. The predicted molar refractivity (Wildman–Crippen MR) is 135 cm³/mol. The summed E-state index contributed by atoms with van der Waals surface area (Å²) in [6, 6.07) is 15.3. The molecule has 31 heavy (non-hydrogen) atoms. The molecule has 1 aliphatic carbocycles. The first-order valence-electron chi connectivity index (χ1n) is 10.6. The zero-order valence-corrected chi connectivity index (χ0v) is 20.9. The fraction of sp³-hybridized carbons (Fsp3) is 0.400. The molecule has 4 rings (SSSR count). The van der Waals surface area contributed by atoms with Crippen LogP contribution in [0.15, 0.2) is 61.2 Å². The van der Waals surface area contributed by atoms with E-state index in [0.717, 1.165) is 24.0 Å². The molecule has 1 heterocycles. The summed E-state index contributed by atoms with van der Waals surface area (Å²) in [5.41, 5.74) is 2.13. The van der Waals surface area contributed by atoms with Gasteiger partial charge in [0.2, 0.25) is 5.91 Å². The summed E-state index contributed by atoms with van der Waals surface area (Å²) in [5.74, 6) is 0.450. The minimum Gasteiger partial charge on any atom is -0.394 e. The average molecular weight is 570 g/mol. The van der Waals surface area contributed by atoms with E-state index in [1.807, 2.05) is 53.4 Å². The lowest BCUT2D eigenvalue weighted by atomic mass is 9.74. The number of alkyl halides is 1. The van der Waals surface area contributed by atoms with Crippen molar-refractivity contribution in [1.29, 1.82) is 0 Å². The number of hydrogen-bond acceptors (Lipinski definition) is 2. The number of hydrogen-bond donors (Lipinski definition) is 1. The molecule has 1 amide bonds. The first-order chi connectivity index (χ1) is 14.9. The monoisotopic (exact) mass is 569 g/mol. The van der Waals surface area contributed by atoms with Gasteiger partial charge in [-0.3, -0.25) is 4.79 Å². The summed E-state index contributed by atoms with van der Waals surface area (Å²) < 4.78 is -0.613. The van der Waals surface area contributed by atoms with E-state index in [9.17, 15) is 9.90 Å². The van der Waals surface area contributed by atoms with Gasteiger partial charge in [-0.1, -0.05) is 76.1 Å². The van der Waals surface area contributed by atoms with Crippen LogP contribution in [0.25, 0.3) is 0 Å². The molecule has 1 unspecified atom stereocenters. The van der Waals surface area contributed by atoms with Gasteiger partial charge in [-0.05, 0) is 67.0 Å². The molecule has 2 aliphatic rings. The van der Waals surface area contributed by atoms with Gasteiger partial charge in [0.1, 0.15) is 3.42 Å². The van der Waals surface area contributed by atoms with Crippen LogP contribution in [-0.2, 0) is 4.79 Å². The maximum absolute atomic E-state index is 14.0. The van der Waals surface area contributed by atoms with E-state index < -0.39 is 3.42 Å². The predicted octanol–water partition coefficient (Wildman–Crippen LogP) is 6.57. The molecular formula is C25H26Cl2INO2. The number of amides is 1. The summed E-state index contributed by atoms with van der Waals surface area (Å²) in [6.45, 7) is 3.87. The summed E-state index contributed by atoms with van der Waals surface area (Å²) in [4.78, 5) is 15.9. The molecule has 0 spiro atoms. The SMILES string of the molecule is C=CC[C@@]1(I)CC(c2cccc(Cl)c2)[C@@H](c2ccc(Cl)cc2)N([C@H](CO)C2CC2)C1=O. The smallest absolute Gasteiger partial charge is 0.239 e. The molecule has 2 aromatic carbocycles. The van der Waals surface area contributed by atoms with E-state index >= 15 is 0 Å². The number of halogens is 3. The van der Waals surface area contributed by atoms with Crippen molar-refractivity contribution in [2.24, 2.45) is 5.92 Å². The maximum atomic E-state index is 14.0. The van der Waals surface area contributed by atoms with E-state index in [2.05, 4.69) is 35.2 Å². The Hall–Kier alpha value is -1.08. The molecule has 164 valence electrons. The third-order valence-electron chi connectivity index (χ3n) is 6.51.